The number of nitrogens with one attached hydrogen (secondary N) is 1. The molecule has 1 N–H and O–H groups in total. The van der Waals surface area contributed by atoms with Gasteiger partial charge in [0.1, 0.15) is 11.4 Å². The molecule has 0 unspecified atom stereocenters. The minimum atomic E-state index is -0.440. The lowest BCUT2D eigenvalue weighted by molar-refractivity contribution is 0.0290. The van der Waals surface area contributed by atoms with E-state index in [9.17, 15) is 4.79 Å². The SMILES string of the molecule is C[C@@H](N[C@H]1CCN(C(=O)OC(C)(C)C)C1)c1ccco1. The second-order valence-corrected chi connectivity index (χ2v) is 6.32. The third-order valence-corrected chi connectivity index (χ3v) is 3.30. The highest BCUT2D eigenvalue weighted by molar-refractivity contribution is 5.68. The molecule has 112 valence electrons. The maximum atomic E-state index is 12.0. The lowest BCUT2D eigenvalue weighted by Gasteiger charge is -2.24. The van der Waals surface area contributed by atoms with Crippen molar-refractivity contribution in [2.24, 2.45) is 0 Å². The van der Waals surface area contributed by atoms with Crippen LogP contribution in [0.25, 0.3) is 0 Å². The van der Waals surface area contributed by atoms with Crippen LogP contribution in [-0.2, 0) is 4.74 Å². The monoisotopic (exact) mass is 280 g/mol. The van der Waals surface area contributed by atoms with Gasteiger partial charge in [-0.3, -0.25) is 0 Å². The number of carbonyl (C=O) groups is 1. The number of likely N-dealkylation sites (tertiary alicyclic amines) is 1. The van der Waals surface area contributed by atoms with Gasteiger partial charge in [-0.2, -0.15) is 0 Å². The Labute approximate surface area is 120 Å². The van der Waals surface area contributed by atoms with E-state index in [-0.39, 0.29) is 18.2 Å². The molecule has 20 heavy (non-hydrogen) atoms. The van der Waals surface area contributed by atoms with Crippen molar-refractivity contribution < 1.29 is 13.9 Å². The second kappa shape index (κ2) is 5.87. The first-order chi connectivity index (χ1) is 9.35. The number of hydrogen-bond acceptors (Lipinski definition) is 4. The van der Waals surface area contributed by atoms with E-state index in [1.54, 1.807) is 11.2 Å². The van der Waals surface area contributed by atoms with Crippen LogP contribution in [0.2, 0.25) is 0 Å². The first kappa shape index (κ1) is 14.9. The Bertz CT molecular complexity index is 436. The maximum Gasteiger partial charge on any atom is 0.410 e. The van der Waals surface area contributed by atoms with Gasteiger partial charge in [0.2, 0.25) is 0 Å². The molecule has 1 saturated heterocycles. The average molecular weight is 280 g/mol. The van der Waals surface area contributed by atoms with E-state index < -0.39 is 5.60 Å². The summed E-state index contributed by atoms with van der Waals surface area (Å²) in [5.74, 6) is 0.917. The fourth-order valence-electron chi connectivity index (χ4n) is 2.36. The van der Waals surface area contributed by atoms with E-state index in [1.165, 1.54) is 0 Å². The van der Waals surface area contributed by atoms with Gasteiger partial charge in [0.15, 0.2) is 0 Å². The Kier molecular flexibility index (Phi) is 4.38. The molecule has 1 aromatic heterocycles. The quantitative estimate of drug-likeness (QED) is 0.925. The van der Waals surface area contributed by atoms with Gasteiger partial charge < -0.3 is 19.4 Å². The van der Waals surface area contributed by atoms with Crippen molar-refractivity contribution in [1.82, 2.24) is 10.2 Å². The molecular formula is C15H24N2O3. The number of rotatable bonds is 3. The number of carbonyl (C=O) groups excluding carboxylic acids is 1. The minimum Gasteiger partial charge on any atom is -0.468 e. The molecule has 2 heterocycles. The Balaban J connectivity index is 1.82. The van der Waals surface area contributed by atoms with Gasteiger partial charge in [0.25, 0.3) is 0 Å². The Morgan fingerprint density at radius 3 is 2.90 bits per heavy atom. The standard InChI is InChI=1S/C15H24N2O3/c1-11(13-6-5-9-19-13)16-12-7-8-17(10-12)14(18)20-15(2,3)4/h5-6,9,11-12,16H,7-8,10H2,1-4H3/t11-,12+/m1/s1. The topological polar surface area (TPSA) is 54.7 Å². The summed E-state index contributed by atoms with van der Waals surface area (Å²) < 4.78 is 10.8. The molecule has 5 nitrogen and oxygen atoms in total. The summed E-state index contributed by atoms with van der Waals surface area (Å²) >= 11 is 0. The van der Waals surface area contributed by atoms with Crippen molar-refractivity contribution in [3.05, 3.63) is 24.2 Å². The average Bonchev–Trinajstić information content (AvgIpc) is 2.97. The van der Waals surface area contributed by atoms with Gasteiger partial charge in [-0.25, -0.2) is 4.79 Å². The Morgan fingerprint density at radius 1 is 1.55 bits per heavy atom. The van der Waals surface area contributed by atoms with Crippen molar-refractivity contribution in [1.29, 1.82) is 0 Å². The van der Waals surface area contributed by atoms with Crippen molar-refractivity contribution in [2.75, 3.05) is 13.1 Å². The van der Waals surface area contributed by atoms with Crippen LogP contribution < -0.4 is 5.32 Å². The zero-order valence-electron chi connectivity index (χ0n) is 12.7. The molecule has 0 saturated carbocycles. The molecule has 0 aromatic carbocycles. The van der Waals surface area contributed by atoms with Crippen molar-refractivity contribution >= 4 is 6.09 Å². The summed E-state index contributed by atoms with van der Waals surface area (Å²) in [5.41, 5.74) is -0.440. The molecule has 2 rings (SSSR count). The van der Waals surface area contributed by atoms with E-state index >= 15 is 0 Å². The van der Waals surface area contributed by atoms with Crippen LogP contribution in [0.4, 0.5) is 4.79 Å². The fourth-order valence-corrected chi connectivity index (χ4v) is 2.36. The molecule has 1 aromatic rings. The molecule has 0 bridgehead atoms. The van der Waals surface area contributed by atoms with Gasteiger partial charge in [-0.05, 0) is 46.2 Å². The number of nitrogens with zero attached hydrogens (tertiary/aromatic N) is 1. The second-order valence-electron chi connectivity index (χ2n) is 6.32. The summed E-state index contributed by atoms with van der Waals surface area (Å²) in [5, 5.41) is 3.49. The predicted octanol–water partition coefficient (Wildman–Crippen LogP) is 2.94. The predicted molar refractivity (Wildman–Crippen MR) is 76.5 cm³/mol. The van der Waals surface area contributed by atoms with Crippen LogP contribution >= 0.6 is 0 Å². The highest BCUT2D eigenvalue weighted by Gasteiger charge is 2.30. The molecule has 1 amide bonds. The molecule has 2 atom stereocenters. The van der Waals surface area contributed by atoms with Crippen LogP contribution in [0, 0.1) is 0 Å². The fraction of sp³-hybridized carbons (Fsp3) is 0.667. The van der Waals surface area contributed by atoms with Crippen LogP contribution in [0.1, 0.15) is 45.9 Å². The molecule has 1 aliphatic rings. The first-order valence-electron chi connectivity index (χ1n) is 7.12. The van der Waals surface area contributed by atoms with Crippen LogP contribution in [-0.4, -0.2) is 35.7 Å². The maximum absolute atomic E-state index is 12.0. The lowest BCUT2D eigenvalue weighted by atomic mass is 10.2. The van der Waals surface area contributed by atoms with Gasteiger partial charge in [-0.1, -0.05) is 0 Å². The molecular weight excluding hydrogens is 256 g/mol. The van der Waals surface area contributed by atoms with E-state index in [2.05, 4.69) is 12.2 Å². The van der Waals surface area contributed by atoms with E-state index in [4.69, 9.17) is 9.15 Å². The molecule has 1 aliphatic heterocycles. The molecule has 0 radical (unpaired) electrons. The summed E-state index contributed by atoms with van der Waals surface area (Å²) in [6.45, 7) is 9.13. The lowest BCUT2D eigenvalue weighted by Crippen LogP contribution is -2.38. The zero-order valence-corrected chi connectivity index (χ0v) is 12.7. The summed E-state index contributed by atoms with van der Waals surface area (Å²) in [6.07, 6.45) is 2.38. The third-order valence-electron chi connectivity index (χ3n) is 3.30. The van der Waals surface area contributed by atoms with Gasteiger partial charge in [0, 0.05) is 19.1 Å². The largest absolute Gasteiger partial charge is 0.468 e. The minimum absolute atomic E-state index is 0.147. The smallest absolute Gasteiger partial charge is 0.410 e. The normalized spacial score (nSPS) is 21.0. The third kappa shape index (κ3) is 4.00. The van der Waals surface area contributed by atoms with Gasteiger partial charge >= 0.3 is 6.09 Å². The molecule has 0 aliphatic carbocycles. The number of amides is 1. The summed E-state index contributed by atoms with van der Waals surface area (Å²) in [6, 6.07) is 4.27. The molecule has 1 fully saturated rings. The van der Waals surface area contributed by atoms with Crippen molar-refractivity contribution in [3.63, 3.8) is 0 Å². The van der Waals surface area contributed by atoms with Gasteiger partial charge in [-0.15, -0.1) is 0 Å². The van der Waals surface area contributed by atoms with Crippen molar-refractivity contribution in [2.45, 2.75) is 51.8 Å². The van der Waals surface area contributed by atoms with Crippen LogP contribution in [0.3, 0.4) is 0 Å². The van der Waals surface area contributed by atoms with Crippen LogP contribution in [0.5, 0.6) is 0 Å². The van der Waals surface area contributed by atoms with Crippen LogP contribution in [0.15, 0.2) is 22.8 Å². The number of hydrogen-bond donors (Lipinski definition) is 1. The van der Waals surface area contributed by atoms with E-state index in [0.29, 0.717) is 6.54 Å². The molecule has 5 heteroatoms. The highest BCUT2D eigenvalue weighted by Crippen LogP contribution is 2.19. The Hall–Kier alpha value is -1.49. The summed E-state index contributed by atoms with van der Waals surface area (Å²) in [7, 11) is 0. The highest BCUT2D eigenvalue weighted by atomic mass is 16.6. The van der Waals surface area contributed by atoms with E-state index in [0.717, 1.165) is 18.7 Å². The number of furan rings is 1. The van der Waals surface area contributed by atoms with Gasteiger partial charge in [0.05, 0.1) is 12.3 Å². The number of ether oxygens (including phenoxy) is 1. The van der Waals surface area contributed by atoms with Crippen molar-refractivity contribution in [3.8, 4) is 0 Å². The summed E-state index contributed by atoms with van der Waals surface area (Å²) in [4.78, 5) is 13.7. The first-order valence-corrected chi connectivity index (χ1v) is 7.12. The Morgan fingerprint density at radius 2 is 2.30 bits per heavy atom. The zero-order chi connectivity index (χ0) is 14.8. The molecule has 0 spiro atoms. The van der Waals surface area contributed by atoms with E-state index in [1.807, 2.05) is 32.9 Å².